The van der Waals surface area contributed by atoms with E-state index in [9.17, 15) is 0 Å². The Kier molecular flexibility index (Phi) is 3.36. The summed E-state index contributed by atoms with van der Waals surface area (Å²) < 4.78 is 0. The van der Waals surface area contributed by atoms with Gasteiger partial charge in [0.15, 0.2) is 0 Å². The first kappa shape index (κ1) is 10.6. The molecule has 3 nitrogen and oxygen atoms in total. The third-order valence-corrected chi connectivity index (χ3v) is 3.01. The number of fused-ring (bicyclic) bond motifs is 1. The Bertz CT molecular complexity index is 324. The summed E-state index contributed by atoms with van der Waals surface area (Å²) in [6, 6.07) is 8.74. The van der Waals surface area contributed by atoms with E-state index in [1.807, 2.05) is 0 Å². The highest BCUT2D eigenvalue weighted by molar-refractivity contribution is 5.29. The van der Waals surface area contributed by atoms with Crippen LogP contribution in [-0.2, 0) is 13.0 Å². The van der Waals surface area contributed by atoms with Crippen LogP contribution in [0.4, 0.5) is 0 Å². The van der Waals surface area contributed by atoms with Gasteiger partial charge in [-0.05, 0) is 17.5 Å². The summed E-state index contributed by atoms with van der Waals surface area (Å²) in [6.07, 6.45) is 1.13. The fraction of sp³-hybridized carbons (Fsp3) is 0.500. The first-order chi connectivity index (χ1) is 7.29. The summed E-state index contributed by atoms with van der Waals surface area (Å²) in [5, 5.41) is 0. The largest absolute Gasteiger partial charge is 0.329 e. The van der Waals surface area contributed by atoms with Gasteiger partial charge in [0.25, 0.3) is 0 Å². The zero-order valence-electron chi connectivity index (χ0n) is 9.02. The first-order valence-corrected chi connectivity index (χ1v) is 5.54. The summed E-state index contributed by atoms with van der Waals surface area (Å²) in [4.78, 5) is 2.39. The lowest BCUT2D eigenvalue weighted by atomic mass is 10.00. The molecule has 15 heavy (non-hydrogen) atoms. The number of hydrogen-bond donors (Lipinski definition) is 2. The maximum absolute atomic E-state index is 5.86. The molecule has 1 aliphatic rings. The van der Waals surface area contributed by atoms with E-state index in [4.69, 9.17) is 11.5 Å². The van der Waals surface area contributed by atoms with Gasteiger partial charge in [0.2, 0.25) is 0 Å². The molecule has 0 radical (unpaired) electrons. The number of benzene rings is 1. The lowest BCUT2D eigenvalue weighted by Crippen LogP contribution is -2.43. The Morgan fingerprint density at radius 2 is 2.00 bits per heavy atom. The van der Waals surface area contributed by atoms with Crippen LogP contribution < -0.4 is 11.5 Å². The Hall–Kier alpha value is -0.900. The third-order valence-electron chi connectivity index (χ3n) is 3.01. The van der Waals surface area contributed by atoms with Crippen molar-refractivity contribution in [2.45, 2.75) is 19.0 Å². The minimum Gasteiger partial charge on any atom is -0.329 e. The van der Waals surface area contributed by atoms with Crippen LogP contribution in [0.5, 0.6) is 0 Å². The maximum Gasteiger partial charge on any atom is 0.0292 e. The fourth-order valence-electron chi connectivity index (χ4n) is 2.12. The van der Waals surface area contributed by atoms with Crippen LogP contribution >= 0.6 is 0 Å². The maximum atomic E-state index is 5.86. The number of rotatable bonds is 3. The number of nitrogens with zero attached hydrogens (tertiary/aromatic N) is 1. The van der Waals surface area contributed by atoms with Gasteiger partial charge in [-0.1, -0.05) is 24.3 Å². The summed E-state index contributed by atoms with van der Waals surface area (Å²) in [6.45, 7) is 3.59. The molecule has 1 heterocycles. The predicted molar refractivity (Wildman–Crippen MR) is 62.5 cm³/mol. The normalized spacial score (nSPS) is 18.5. The molecule has 3 heteroatoms. The molecule has 0 spiro atoms. The van der Waals surface area contributed by atoms with Gasteiger partial charge in [0, 0.05) is 32.2 Å². The molecular weight excluding hydrogens is 186 g/mol. The van der Waals surface area contributed by atoms with Crippen molar-refractivity contribution in [3.05, 3.63) is 35.4 Å². The predicted octanol–water partition coefficient (Wildman–Crippen LogP) is 0.331. The lowest BCUT2D eigenvalue weighted by Gasteiger charge is -2.30. The van der Waals surface area contributed by atoms with Crippen molar-refractivity contribution < 1.29 is 0 Å². The third kappa shape index (κ3) is 2.56. The monoisotopic (exact) mass is 205 g/mol. The highest BCUT2D eigenvalue weighted by Crippen LogP contribution is 2.17. The summed E-state index contributed by atoms with van der Waals surface area (Å²) in [5.41, 5.74) is 14.3. The highest BCUT2D eigenvalue weighted by atomic mass is 15.1. The summed E-state index contributed by atoms with van der Waals surface area (Å²) >= 11 is 0. The Morgan fingerprint density at radius 1 is 1.27 bits per heavy atom. The molecule has 1 atom stereocenters. The van der Waals surface area contributed by atoms with Gasteiger partial charge in [0.1, 0.15) is 0 Å². The lowest BCUT2D eigenvalue weighted by molar-refractivity contribution is 0.239. The molecule has 0 saturated heterocycles. The van der Waals surface area contributed by atoms with Crippen molar-refractivity contribution >= 4 is 0 Å². The van der Waals surface area contributed by atoms with Crippen LogP contribution in [-0.4, -0.2) is 30.6 Å². The molecule has 4 N–H and O–H groups in total. The van der Waals surface area contributed by atoms with Crippen molar-refractivity contribution in [3.8, 4) is 0 Å². The molecule has 0 fully saturated rings. The SMILES string of the molecule is NCC(N)CN1CCc2ccccc2C1. The fourth-order valence-corrected chi connectivity index (χ4v) is 2.12. The van der Waals surface area contributed by atoms with Crippen LogP contribution in [0, 0.1) is 0 Å². The highest BCUT2D eigenvalue weighted by Gasteiger charge is 2.16. The molecule has 1 aromatic rings. The van der Waals surface area contributed by atoms with E-state index < -0.39 is 0 Å². The molecule has 0 aromatic heterocycles. The Balaban J connectivity index is 1.99. The van der Waals surface area contributed by atoms with E-state index >= 15 is 0 Å². The van der Waals surface area contributed by atoms with E-state index in [1.165, 1.54) is 11.1 Å². The average molecular weight is 205 g/mol. The summed E-state index contributed by atoms with van der Waals surface area (Å²) in [5.74, 6) is 0. The second kappa shape index (κ2) is 4.75. The van der Waals surface area contributed by atoms with E-state index in [0.717, 1.165) is 26.1 Å². The van der Waals surface area contributed by atoms with E-state index in [1.54, 1.807) is 0 Å². The smallest absolute Gasteiger partial charge is 0.0292 e. The van der Waals surface area contributed by atoms with E-state index in [0.29, 0.717) is 6.54 Å². The minimum atomic E-state index is 0.107. The van der Waals surface area contributed by atoms with Gasteiger partial charge in [-0.25, -0.2) is 0 Å². The number of hydrogen-bond acceptors (Lipinski definition) is 3. The Morgan fingerprint density at radius 3 is 2.73 bits per heavy atom. The molecule has 1 unspecified atom stereocenters. The van der Waals surface area contributed by atoms with Gasteiger partial charge in [-0.3, -0.25) is 4.90 Å². The number of nitrogens with two attached hydrogens (primary N) is 2. The van der Waals surface area contributed by atoms with Gasteiger partial charge in [0.05, 0.1) is 0 Å². The van der Waals surface area contributed by atoms with Gasteiger partial charge >= 0.3 is 0 Å². The molecule has 0 aliphatic carbocycles. The van der Waals surface area contributed by atoms with Gasteiger partial charge in [-0.15, -0.1) is 0 Å². The average Bonchev–Trinajstić information content (AvgIpc) is 2.29. The van der Waals surface area contributed by atoms with Gasteiger partial charge in [-0.2, -0.15) is 0 Å². The molecule has 82 valence electrons. The van der Waals surface area contributed by atoms with Crippen molar-refractivity contribution in [1.82, 2.24) is 4.90 Å². The standard InChI is InChI=1S/C12H19N3/c13-7-12(14)9-15-6-5-10-3-1-2-4-11(10)8-15/h1-4,12H,5-9,13-14H2. The quantitative estimate of drug-likeness (QED) is 0.747. The van der Waals surface area contributed by atoms with Crippen LogP contribution in [0.2, 0.25) is 0 Å². The van der Waals surface area contributed by atoms with Crippen molar-refractivity contribution in [3.63, 3.8) is 0 Å². The van der Waals surface area contributed by atoms with Crippen molar-refractivity contribution in [2.75, 3.05) is 19.6 Å². The Labute approximate surface area is 91.1 Å². The zero-order chi connectivity index (χ0) is 10.7. The van der Waals surface area contributed by atoms with Crippen molar-refractivity contribution in [2.24, 2.45) is 11.5 Å². The van der Waals surface area contributed by atoms with Crippen LogP contribution in [0.25, 0.3) is 0 Å². The molecule has 1 aliphatic heterocycles. The second-order valence-electron chi connectivity index (χ2n) is 4.25. The topological polar surface area (TPSA) is 55.3 Å². The molecule has 0 bridgehead atoms. The molecular formula is C12H19N3. The zero-order valence-corrected chi connectivity index (χ0v) is 9.02. The van der Waals surface area contributed by atoms with E-state index in [2.05, 4.69) is 29.2 Å². The molecule has 2 rings (SSSR count). The minimum absolute atomic E-state index is 0.107. The summed E-state index contributed by atoms with van der Waals surface area (Å²) in [7, 11) is 0. The van der Waals surface area contributed by atoms with Crippen LogP contribution in [0.15, 0.2) is 24.3 Å². The first-order valence-electron chi connectivity index (χ1n) is 5.54. The van der Waals surface area contributed by atoms with Crippen LogP contribution in [0.1, 0.15) is 11.1 Å². The van der Waals surface area contributed by atoms with Crippen LogP contribution in [0.3, 0.4) is 0 Å². The van der Waals surface area contributed by atoms with E-state index in [-0.39, 0.29) is 6.04 Å². The van der Waals surface area contributed by atoms with Gasteiger partial charge < -0.3 is 11.5 Å². The molecule has 1 aromatic carbocycles. The second-order valence-corrected chi connectivity index (χ2v) is 4.25. The molecule has 0 amide bonds. The molecule has 0 saturated carbocycles. The van der Waals surface area contributed by atoms with Crippen molar-refractivity contribution in [1.29, 1.82) is 0 Å².